The predicted molar refractivity (Wildman–Crippen MR) is 105 cm³/mol. The molecule has 1 aromatic carbocycles. The molecule has 5 nitrogen and oxygen atoms in total. The van der Waals surface area contributed by atoms with E-state index in [0.717, 1.165) is 36.9 Å². The Kier molecular flexibility index (Phi) is 4.40. The highest BCUT2D eigenvalue weighted by Gasteiger charge is 2.45. The van der Waals surface area contributed by atoms with Crippen molar-refractivity contribution in [1.29, 1.82) is 0 Å². The van der Waals surface area contributed by atoms with Gasteiger partial charge in [0.2, 0.25) is 0 Å². The Morgan fingerprint density at radius 1 is 1.18 bits per heavy atom. The molecule has 0 saturated carbocycles. The van der Waals surface area contributed by atoms with Gasteiger partial charge in [0, 0.05) is 29.5 Å². The first-order chi connectivity index (χ1) is 13.2. The summed E-state index contributed by atoms with van der Waals surface area (Å²) in [4.78, 5) is 34.9. The summed E-state index contributed by atoms with van der Waals surface area (Å²) in [6.45, 7) is 7.21. The Morgan fingerprint density at radius 3 is 2.50 bits per heavy atom. The van der Waals surface area contributed by atoms with Gasteiger partial charge < -0.3 is 9.88 Å². The summed E-state index contributed by atoms with van der Waals surface area (Å²) >= 11 is 0. The molecule has 0 atom stereocenters. The number of carbonyl (C=O) groups excluding carboxylic acids is 1. The molecule has 1 aromatic heterocycles. The second-order valence-corrected chi connectivity index (χ2v) is 9.04. The van der Waals surface area contributed by atoms with Gasteiger partial charge in [-0.25, -0.2) is 9.37 Å². The van der Waals surface area contributed by atoms with Crippen LogP contribution in [0.4, 0.5) is 4.39 Å². The Bertz CT molecular complexity index is 982. The predicted octanol–water partition coefficient (Wildman–Crippen LogP) is 3.33. The van der Waals surface area contributed by atoms with E-state index in [-0.39, 0.29) is 27.9 Å². The molecule has 1 aliphatic heterocycles. The number of nitrogens with one attached hydrogen (secondary N) is 1. The van der Waals surface area contributed by atoms with E-state index in [1.54, 1.807) is 17.0 Å². The summed E-state index contributed by atoms with van der Waals surface area (Å²) < 4.78 is 14.0. The highest BCUT2D eigenvalue weighted by molar-refractivity contribution is 5.94. The smallest absolute Gasteiger partial charge is 0.256 e. The molecule has 0 bridgehead atoms. The molecule has 2 aliphatic rings. The molecule has 1 spiro atoms. The molecule has 6 heteroatoms. The zero-order valence-corrected chi connectivity index (χ0v) is 16.6. The minimum atomic E-state index is -0.484. The molecule has 1 N–H and O–H groups in total. The van der Waals surface area contributed by atoms with E-state index < -0.39 is 5.82 Å². The van der Waals surface area contributed by atoms with Crippen LogP contribution in [0.15, 0.2) is 29.1 Å². The number of likely N-dealkylation sites (tertiary alicyclic amines) is 1. The van der Waals surface area contributed by atoms with Crippen LogP contribution in [0.2, 0.25) is 0 Å². The van der Waals surface area contributed by atoms with Crippen LogP contribution in [0.5, 0.6) is 0 Å². The van der Waals surface area contributed by atoms with Gasteiger partial charge in [0.1, 0.15) is 11.6 Å². The van der Waals surface area contributed by atoms with Gasteiger partial charge in [-0.1, -0.05) is 32.9 Å². The lowest BCUT2D eigenvalue weighted by molar-refractivity contribution is 0.0658. The number of nitrogens with zero attached hydrogens (tertiary/aromatic N) is 2. The van der Waals surface area contributed by atoms with Crippen molar-refractivity contribution in [3.05, 3.63) is 63.1 Å². The maximum atomic E-state index is 14.0. The maximum Gasteiger partial charge on any atom is 0.256 e. The van der Waals surface area contributed by atoms with Crippen molar-refractivity contribution >= 4 is 5.91 Å². The van der Waals surface area contributed by atoms with Gasteiger partial charge in [0.25, 0.3) is 11.5 Å². The topological polar surface area (TPSA) is 66.1 Å². The largest absolute Gasteiger partial charge is 0.338 e. The van der Waals surface area contributed by atoms with Crippen LogP contribution < -0.4 is 5.56 Å². The van der Waals surface area contributed by atoms with Crippen LogP contribution in [0, 0.1) is 5.82 Å². The van der Waals surface area contributed by atoms with Crippen LogP contribution in [0.1, 0.15) is 67.5 Å². The highest BCUT2D eigenvalue weighted by atomic mass is 19.1. The van der Waals surface area contributed by atoms with Crippen molar-refractivity contribution in [2.45, 2.75) is 57.3 Å². The molecule has 2 heterocycles. The van der Waals surface area contributed by atoms with Crippen molar-refractivity contribution < 1.29 is 9.18 Å². The average molecular weight is 383 g/mol. The number of amides is 1. The van der Waals surface area contributed by atoms with Crippen LogP contribution in [-0.4, -0.2) is 33.9 Å². The first kappa shape index (κ1) is 18.8. The van der Waals surface area contributed by atoms with E-state index in [9.17, 15) is 14.0 Å². The number of aromatic nitrogens is 2. The molecule has 1 saturated heterocycles. The number of H-pyrrole nitrogens is 1. The van der Waals surface area contributed by atoms with Crippen molar-refractivity contribution in [1.82, 2.24) is 14.9 Å². The maximum absolute atomic E-state index is 14.0. The number of carbonyl (C=O) groups is 1. The lowest BCUT2D eigenvalue weighted by Gasteiger charge is -2.39. The van der Waals surface area contributed by atoms with Gasteiger partial charge in [-0.2, -0.15) is 0 Å². The number of fused-ring (bicyclic) bond motifs is 2. The van der Waals surface area contributed by atoms with Gasteiger partial charge >= 0.3 is 0 Å². The Morgan fingerprint density at radius 2 is 1.86 bits per heavy atom. The number of benzene rings is 1. The molecule has 0 unspecified atom stereocenters. The molecule has 1 aliphatic carbocycles. The Balaban J connectivity index is 1.60. The molecular formula is C22H26FN3O2. The Hall–Kier alpha value is -2.50. The standard InChI is InChI=1S/C22H26FN3O2/c1-21(2,3)20-24-17-15(18(27)25-20)8-9-22(17)10-12-26(13-11-22)19(28)14-6-4-5-7-16(14)23/h4-7H,8-13H2,1-3H3,(H,24,25,27). The first-order valence-electron chi connectivity index (χ1n) is 9.89. The third kappa shape index (κ3) is 3.05. The zero-order chi connectivity index (χ0) is 20.1. The first-order valence-corrected chi connectivity index (χ1v) is 9.89. The Labute approximate surface area is 164 Å². The van der Waals surface area contributed by atoms with Gasteiger partial charge in [-0.15, -0.1) is 0 Å². The zero-order valence-electron chi connectivity index (χ0n) is 16.6. The van der Waals surface area contributed by atoms with E-state index in [2.05, 4.69) is 4.98 Å². The van der Waals surface area contributed by atoms with Crippen LogP contribution in [0.3, 0.4) is 0 Å². The van der Waals surface area contributed by atoms with Gasteiger partial charge in [-0.3, -0.25) is 9.59 Å². The lowest BCUT2D eigenvalue weighted by Crippen LogP contribution is -2.45. The normalized spacial score (nSPS) is 18.4. The third-order valence-electron chi connectivity index (χ3n) is 6.19. The fourth-order valence-corrected chi connectivity index (χ4v) is 4.44. The quantitative estimate of drug-likeness (QED) is 0.821. The molecule has 2 aromatic rings. The molecular weight excluding hydrogens is 357 g/mol. The number of aromatic amines is 1. The van der Waals surface area contributed by atoms with E-state index in [4.69, 9.17) is 4.98 Å². The summed E-state index contributed by atoms with van der Waals surface area (Å²) in [6.07, 6.45) is 3.11. The second kappa shape index (κ2) is 6.54. The van der Waals surface area contributed by atoms with E-state index in [1.807, 2.05) is 20.8 Å². The number of halogens is 1. The van der Waals surface area contributed by atoms with Gasteiger partial charge in [-0.05, 0) is 37.8 Å². The summed E-state index contributed by atoms with van der Waals surface area (Å²) in [7, 11) is 0. The van der Waals surface area contributed by atoms with E-state index in [1.165, 1.54) is 12.1 Å². The number of rotatable bonds is 1. The van der Waals surface area contributed by atoms with Crippen LogP contribution in [0.25, 0.3) is 0 Å². The molecule has 28 heavy (non-hydrogen) atoms. The van der Waals surface area contributed by atoms with Crippen molar-refractivity contribution in [3.8, 4) is 0 Å². The van der Waals surface area contributed by atoms with Crippen LogP contribution in [-0.2, 0) is 17.3 Å². The van der Waals surface area contributed by atoms with E-state index >= 15 is 0 Å². The number of piperidine rings is 1. The summed E-state index contributed by atoms with van der Waals surface area (Å²) in [5.74, 6) is -0.0372. The molecule has 148 valence electrons. The molecule has 1 fully saturated rings. The second-order valence-electron chi connectivity index (χ2n) is 9.04. The minimum absolute atomic E-state index is 0.0309. The molecule has 0 radical (unpaired) electrons. The fourth-order valence-electron chi connectivity index (χ4n) is 4.44. The van der Waals surface area contributed by atoms with Gasteiger partial charge in [0.05, 0.1) is 11.3 Å². The minimum Gasteiger partial charge on any atom is -0.338 e. The van der Waals surface area contributed by atoms with Crippen LogP contribution >= 0.6 is 0 Å². The highest BCUT2D eigenvalue weighted by Crippen LogP contribution is 2.44. The van der Waals surface area contributed by atoms with Crippen molar-refractivity contribution in [2.75, 3.05) is 13.1 Å². The third-order valence-corrected chi connectivity index (χ3v) is 6.19. The summed E-state index contributed by atoms with van der Waals surface area (Å²) in [5.41, 5.74) is 1.40. The van der Waals surface area contributed by atoms with Crippen molar-refractivity contribution in [2.24, 2.45) is 0 Å². The SMILES string of the molecule is CC(C)(C)c1nc2c(c(=O)[nH]1)CCC21CCN(C(=O)c2ccccc2F)CC1. The average Bonchev–Trinajstić information content (AvgIpc) is 3.00. The lowest BCUT2D eigenvalue weighted by atomic mass is 9.76. The summed E-state index contributed by atoms with van der Waals surface area (Å²) in [6, 6.07) is 6.11. The summed E-state index contributed by atoms with van der Waals surface area (Å²) in [5, 5.41) is 0. The number of hydrogen-bond donors (Lipinski definition) is 1. The number of hydrogen-bond acceptors (Lipinski definition) is 3. The molecule has 4 rings (SSSR count). The fraction of sp³-hybridized carbons (Fsp3) is 0.500. The molecule has 1 amide bonds. The van der Waals surface area contributed by atoms with E-state index in [0.29, 0.717) is 18.9 Å². The van der Waals surface area contributed by atoms with Gasteiger partial charge in [0.15, 0.2) is 0 Å². The monoisotopic (exact) mass is 383 g/mol. The van der Waals surface area contributed by atoms with Crippen molar-refractivity contribution in [3.63, 3.8) is 0 Å².